The quantitative estimate of drug-likeness (QED) is 0.810. The minimum absolute atomic E-state index is 0.255. The summed E-state index contributed by atoms with van der Waals surface area (Å²) in [5, 5.41) is 11.9. The molecule has 1 saturated carbocycles. The predicted octanol–water partition coefficient (Wildman–Crippen LogP) is 1.89. The Labute approximate surface area is 119 Å². The number of aliphatic carboxylic acids is 1. The van der Waals surface area contributed by atoms with Crippen molar-refractivity contribution >= 4 is 34.2 Å². The monoisotopic (exact) mass is 297 g/mol. The first-order chi connectivity index (χ1) is 9.43. The van der Waals surface area contributed by atoms with Crippen LogP contribution in [0, 0.1) is 18.8 Å². The fraction of sp³-hybridized carbons (Fsp3) is 0.462. The normalized spacial score (nSPS) is 20.3. The molecule has 0 unspecified atom stereocenters. The summed E-state index contributed by atoms with van der Waals surface area (Å²) >= 11 is 1.27. The second-order valence-electron chi connectivity index (χ2n) is 4.60. The number of nitrogens with one attached hydrogen (secondary N) is 1. The molecular formula is C13H15NO5S. The van der Waals surface area contributed by atoms with Crippen LogP contribution in [0.3, 0.4) is 0 Å². The largest absolute Gasteiger partial charge is 0.481 e. The van der Waals surface area contributed by atoms with Gasteiger partial charge in [0, 0.05) is 4.88 Å². The molecule has 1 aliphatic rings. The maximum Gasteiger partial charge on any atom is 0.341 e. The fourth-order valence-corrected chi connectivity index (χ4v) is 2.83. The summed E-state index contributed by atoms with van der Waals surface area (Å²) in [6.45, 7) is 3.78. The Kier molecular flexibility index (Phi) is 4.08. The smallest absolute Gasteiger partial charge is 0.341 e. The first kappa shape index (κ1) is 14.5. The lowest BCUT2D eigenvalue weighted by Gasteiger charge is -2.05. The number of amides is 1. The highest BCUT2D eigenvalue weighted by Crippen LogP contribution is 2.40. The maximum absolute atomic E-state index is 11.9. The molecular weight excluding hydrogens is 282 g/mol. The molecule has 0 aromatic carbocycles. The third kappa shape index (κ3) is 2.98. The summed E-state index contributed by atoms with van der Waals surface area (Å²) in [6.07, 6.45) is 0.347. The van der Waals surface area contributed by atoms with Crippen LogP contribution in [0.25, 0.3) is 0 Å². The number of aryl methyl sites for hydroxylation is 1. The highest BCUT2D eigenvalue weighted by atomic mass is 32.1. The van der Waals surface area contributed by atoms with Gasteiger partial charge < -0.3 is 15.2 Å². The van der Waals surface area contributed by atoms with E-state index >= 15 is 0 Å². The minimum Gasteiger partial charge on any atom is -0.481 e. The van der Waals surface area contributed by atoms with Crippen molar-refractivity contribution in [1.82, 2.24) is 0 Å². The zero-order valence-corrected chi connectivity index (χ0v) is 12.0. The Morgan fingerprint density at radius 2 is 2.15 bits per heavy atom. The van der Waals surface area contributed by atoms with Crippen LogP contribution in [-0.4, -0.2) is 29.6 Å². The van der Waals surface area contributed by atoms with Crippen LogP contribution in [0.4, 0.5) is 5.00 Å². The summed E-state index contributed by atoms with van der Waals surface area (Å²) in [6, 6.07) is 1.65. The summed E-state index contributed by atoms with van der Waals surface area (Å²) in [7, 11) is 0. The zero-order chi connectivity index (χ0) is 14.9. The standard InChI is InChI=1S/C13H15NO5S/c1-3-19-13(18)9-4-6(2)20-11(9)14-10(15)7-5-8(7)12(16)17/h4,7-8H,3,5H2,1-2H3,(H,14,15)(H,16,17)/t7-,8+/m1/s1. The molecule has 1 fully saturated rings. The van der Waals surface area contributed by atoms with E-state index in [1.54, 1.807) is 13.0 Å². The van der Waals surface area contributed by atoms with E-state index < -0.39 is 23.8 Å². The summed E-state index contributed by atoms with van der Waals surface area (Å²) < 4.78 is 4.92. The lowest BCUT2D eigenvalue weighted by atomic mass is 10.2. The lowest BCUT2D eigenvalue weighted by Crippen LogP contribution is -2.18. The van der Waals surface area contributed by atoms with E-state index in [-0.39, 0.29) is 12.5 Å². The lowest BCUT2D eigenvalue weighted by molar-refractivity contribution is -0.139. The average molecular weight is 297 g/mol. The van der Waals surface area contributed by atoms with Crippen molar-refractivity contribution in [3.8, 4) is 0 Å². The SMILES string of the molecule is CCOC(=O)c1cc(C)sc1NC(=O)[C@@H]1C[C@@H]1C(=O)O. The van der Waals surface area contributed by atoms with Crippen molar-refractivity contribution < 1.29 is 24.2 Å². The number of carboxylic acids is 1. The molecule has 2 N–H and O–H groups in total. The van der Waals surface area contributed by atoms with Crippen LogP contribution in [0.2, 0.25) is 0 Å². The molecule has 2 atom stereocenters. The molecule has 0 bridgehead atoms. The van der Waals surface area contributed by atoms with Gasteiger partial charge in [-0.3, -0.25) is 9.59 Å². The van der Waals surface area contributed by atoms with Crippen molar-refractivity contribution in [1.29, 1.82) is 0 Å². The molecule has 108 valence electrons. The third-order valence-corrected chi connectivity index (χ3v) is 4.00. The molecule has 1 aromatic rings. The van der Waals surface area contributed by atoms with Crippen molar-refractivity contribution in [3.63, 3.8) is 0 Å². The Bertz CT molecular complexity index is 565. The fourth-order valence-electron chi connectivity index (χ4n) is 1.93. The van der Waals surface area contributed by atoms with Gasteiger partial charge in [-0.2, -0.15) is 0 Å². The average Bonchev–Trinajstić information content (AvgIpc) is 3.09. The van der Waals surface area contributed by atoms with Crippen LogP contribution in [0.5, 0.6) is 0 Å². The zero-order valence-electron chi connectivity index (χ0n) is 11.1. The van der Waals surface area contributed by atoms with Crippen LogP contribution < -0.4 is 5.32 Å². The number of esters is 1. The summed E-state index contributed by atoms with van der Waals surface area (Å²) in [4.78, 5) is 35.3. The van der Waals surface area contributed by atoms with Gasteiger partial charge in [-0.25, -0.2) is 4.79 Å². The van der Waals surface area contributed by atoms with Crippen LogP contribution in [0.1, 0.15) is 28.6 Å². The van der Waals surface area contributed by atoms with E-state index in [1.165, 1.54) is 11.3 Å². The number of anilines is 1. The van der Waals surface area contributed by atoms with E-state index in [4.69, 9.17) is 9.84 Å². The Hall–Kier alpha value is -1.89. The number of hydrogen-bond donors (Lipinski definition) is 2. The van der Waals surface area contributed by atoms with Crippen LogP contribution in [0.15, 0.2) is 6.07 Å². The number of hydrogen-bond acceptors (Lipinski definition) is 5. The van der Waals surface area contributed by atoms with Crippen LogP contribution in [-0.2, 0) is 14.3 Å². The molecule has 7 heteroatoms. The van der Waals surface area contributed by atoms with Crippen molar-refractivity contribution in [2.45, 2.75) is 20.3 Å². The Morgan fingerprint density at radius 3 is 2.70 bits per heavy atom. The van der Waals surface area contributed by atoms with Crippen LogP contribution >= 0.6 is 11.3 Å². The maximum atomic E-state index is 11.9. The second kappa shape index (κ2) is 5.62. The summed E-state index contributed by atoms with van der Waals surface area (Å²) in [5.74, 6) is -2.92. The number of carbonyl (C=O) groups excluding carboxylic acids is 2. The number of ether oxygens (including phenoxy) is 1. The molecule has 0 saturated heterocycles. The van der Waals surface area contributed by atoms with Gasteiger partial charge in [-0.15, -0.1) is 11.3 Å². The molecule has 20 heavy (non-hydrogen) atoms. The highest BCUT2D eigenvalue weighted by Gasteiger charge is 2.48. The van der Waals surface area contributed by atoms with Gasteiger partial charge in [0.15, 0.2) is 0 Å². The van der Waals surface area contributed by atoms with Crippen molar-refractivity contribution in [2.24, 2.45) is 11.8 Å². The molecule has 0 spiro atoms. The molecule has 6 nitrogen and oxygen atoms in total. The highest BCUT2D eigenvalue weighted by molar-refractivity contribution is 7.16. The van der Waals surface area contributed by atoms with E-state index in [1.807, 2.05) is 6.92 Å². The van der Waals surface area contributed by atoms with Gasteiger partial charge in [0.1, 0.15) is 5.00 Å². The molecule has 1 aromatic heterocycles. The first-order valence-electron chi connectivity index (χ1n) is 6.25. The molecule has 0 radical (unpaired) electrons. The van der Waals surface area contributed by atoms with Gasteiger partial charge >= 0.3 is 11.9 Å². The molecule has 0 aliphatic heterocycles. The van der Waals surface area contributed by atoms with Gasteiger partial charge in [0.05, 0.1) is 24.0 Å². The van der Waals surface area contributed by atoms with Crippen molar-refractivity contribution in [2.75, 3.05) is 11.9 Å². The topological polar surface area (TPSA) is 92.7 Å². The predicted molar refractivity (Wildman–Crippen MR) is 72.9 cm³/mol. The molecule has 1 aliphatic carbocycles. The number of rotatable bonds is 5. The number of carbonyl (C=O) groups is 3. The van der Waals surface area contributed by atoms with Gasteiger partial charge in [0.2, 0.25) is 5.91 Å². The minimum atomic E-state index is -0.960. The van der Waals surface area contributed by atoms with E-state index in [0.29, 0.717) is 17.0 Å². The molecule has 1 heterocycles. The van der Waals surface area contributed by atoms with E-state index in [0.717, 1.165) is 4.88 Å². The first-order valence-corrected chi connectivity index (χ1v) is 7.07. The van der Waals surface area contributed by atoms with Gasteiger partial charge in [-0.1, -0.05) is 0 Å². The Balaban J connectivity index is 2.08. The number of carboxylic acid groups (broad SMARTS) is 1. The number of thiophene rings is 1. The third-order valence-electron chi connectivity index (χ3n) is 3.03. The van der Waals surface area contributed by atoms with Gasteiger partial charge in [0.25, 0.3) is 0 Å². The second-order valence-corrected chi connectivity index (χ2v) is 5.85. The summed E-state index contributed by atoms with van der Waals surface area (Å²) in [5.41, 5.74) is 0.315. The Morgan fingerprint density at radius 1 is 1.45 bits per heavy atom. The van der Waals surface area contributed by atoms with Gasteiger partial charge in [-0.05, 0) is 26.3 Å². The van der Waals surface area contributed by atoms with Crippen molar-refractivity contribution in [3.05, 3.63) is 16.5 Å². The molecule has 1 amide bonds. The van der Waals surface area contributed by atoms with E-state index in [2.05, 4.69) is 5.32 Å². The van der Waals surface area contributed by atoms with E-state index in [9.17, 15) is 14.4 Å². The molecule has 2 rings (SSSR count).